The van der Waals surface area contributed by atoms with Gasteiger partial charge in [-0.05, 0) is 36.6 Å². The molecule has 2 aromatic carbocycles. The number of carbonyl (C=O) groups excluding carboxylic acids is 2. The highest BCUT2D eigenvalue weighted by atomic mass is 16.5. The minimum Gasteiger partial charge on any atom is -0.365 e. The molecule has 0 N–H and O–H groups in total. The zero-order valence-corrected chi connectivity index (χ0v) is 19.6. The van der Waals surface area contributed by atoms with Crippen molar-refractivity contribution < 1.29 is 14.3 Å². The highest BCUT2D eigenvalue weighted by molar-refractivity contribution is 5.95. The number of carbonyl (C=O) groups is 2. The van der Waals surface area contributed by atoms with Gasteiger partial charge in [0.15, 0.2) is 5.69 Å². The van der Waals surface area contributed by atoms with Crippen LogP contribution in [0.2, 0.25) is 0 Å². The Labute approximate surface area is 199 Å². The first-order valence-electron chi connectivity index (χ1n) is 11.8. The number of nitrogens with zero attached hydrogens (tertiary/aromatic N) is 5. The summed E-state index contributed by atoms with van der Waals surface area (Å²) in [4.78, 5) is 29.6. The number of hydrogen-bond donors (Lipinski definition) is 0. The van der Waals surface area contributed by atoms with Gasteiger partial charge in [-0.2, -0.15) is 0 Å². The molecule has 0 bridgehead atoms. The van der Waals surface area contributed by atoms with E-state index in [1.165, 1.54) is 11.1 Å². The van der Waals surface area contributed by atoms with E-state index in [0.717, 1.165) is 12.0 Å². The first-order valence-corrected chi connectivity index (χ1v) is 11.8. The first-order chi connectivity index (χ1) is 16.5. The van der Waals surface area contributed by atoms with E-state index in [0.29, 0.717) is 56.3 Å². The predicted molar refractivity (Wildman–Crippen MR) is 126 cm³/mol. The molecule has 1 atom stereocenters. The Kier molecular flexibility index (Phi) is 6.15. The van der Waals surface area contributed by atoms with Gasteiger partial charge in [0, 0.05) is 31.7 Å². The van der Waals surface area contributed by atoms with Crippen LogP contribution in [-0.4, -0.2) is 62.8 Å². The van der Waals surface area contributed by atoms with E-state index < -0.39 is 0 Å². The third kappa shape index (κ3) is 4.33. The topological polar surface area (TPSA) is 80.6 Å². The zero-order valence-electron chi connectivity index (χ0n) is 19.6. The number of fused-ring (bicyclic) bond motifs is 1. The summed E-state index contributed by atoms with van der Waals surface area (Å²) in [7, 11) is 0. The van der Waals surface area contributed by atoms with Crippen molar-refractivity contribution in [1.29, 1.82) is 0 Å². The van der Waals surface area contributed by atoms with Crippen LogP contribution in [0, 0.1) is 6.92 Å². The molecule has 8 heteroatoms. The standard InChI is InChI=1S/C26H29N5O3/c1-3-19-6-10-21(11-7-19)25(32)29-12-14-30(15-13-29)26(33)24-22-17-34-23(16-31(22)28-27-24)20-8-4-18(2)5-9-20/h4-11,23H,3,12-17H2,1-2H3/t23-/m1/s1. The lowest BCUT2D eigenvalue weighted by Gasteiger charge is -2.34. The van der Waals surface area contributed by atoms with E-state index in [9.17, 15) is 9.59 Å². The number of rotatable bonds is 4. The lowest BCUT2D eigenvalue weighted by molar-refractivity contribution is -0.00203. The summed E-state index contributed by atoms with van der Waals surface area (Å²) >= 11 is 0. The molecule has 5 rings (SSSR count). The van der Waals surface area contributed by atoms with Crippen LogP contribution in [0.15, 0.2) is 48.5 Å². The summed E-state index contributed by atoms with van der Waals surface area (Å²) in [6.07, 6.45) is 0.832. The van der Waals surface area contributed by atoms with E-state index in [1.807, 2.05) is 24.3 Å². The second kappa shape index (κ2) is 9.38. The van der Waals surface area contributed by atoms with E-state index >= 15 is 0 Å². The summed E-state index contributed by atoms with van der Waals surface area (Å²) in [5, 5.41) is 8.43. The third-order valence-electron chi connectivity index (χ3n) is 6.71. The van der Waals surface area contributed by atoms with Crippen molar-refractivity contribution in [2.75, 3.05) is 26.2 Å². The summed E-state index contributed by atoms with van der Waals surface area (Å²) in [6.45, 7) is 6.89. The van der Waals surface area contributed by atoms with Crippen LogP contribution in [0.4, 0.5) is 0 Å². The Hall–Kier alpha value is -3.52. The van der Waals surface area contributed by atoms with E-state index in [-0.39, 0.29) is 17.9 Å². The molecular formula is C26H29N5O3. The lowest BCUT2D eigenvalue weighted by atomic mass is 10.1. The van der Waals surface area contributed by atoms with Gasteiger partial charge in [-0.3, -0.25) is 9.59 Å². The highest BCUT2D eigenvalue weighted by Gasteiger charge is 2.32. The maximum atomic E-state index is 13.2. The Morgan fingerprint density at radius 2 is 1.59 bits per heavy atom. The van der Waals surface area contributed by atoms with Gasteiger partial charge in [-0.15, -0.1) is 5.10 Å². The van der Waals surface area contributed by atoms with E-state index in [1.54, 1.807) is 14.5 Å². The molecule has 3 aromatic rings. The number of aromatic nitrogens is 3. The number of piperazine rings is 1. The second-order valence-electron chi connectivity index (χ2n) is 8.91. The van der Waals surface area contributed by atoms with Crippen molar-refractivity contribution >= 4 is 11.8 Å². The fourth-order valence-electron chi connectivity index (χ4n) is 4.49. The second-order valence-corrected chi connectivity index (χ2v) is 8.91. The number of aryl methyl sites for hydroxylation is 2. The molecular weight excluding hydrogens is 430 g/mol. The van der Waals surface area contributed by atoms with Crippen molar-refractivity contribution in [3.8, 4) is 0 Å². The van der Waals surface area contributed by atoms with Crippen molar-refractivity contribution in [3.05, 3.63) is 82.2 Å². The Morgan fingerprint density at radius 1 is 0.941 bits per heavy atom. The van der Waals surface area contributed by atoms with E-state index in [4.69, 9.17) is 4.74 Å². The van der Waals surface area contributed by atoms with Gasteiger partial charge in [0.25, 0.3) is 11.8 Å². The molecule has 1 saturated heterocycles. The zero-order chi connectivity index (χ0) is 23.7. The fraction of sp³-hybridized carbons (Fsp3) is 0.385. The molecule has 0 aliphatic carbocycles. The average Bonchev–Trinajstić information content (AvgIpc) is 3.32. The monoisotopic (exact) mass is 459 g/mol. The van der Waals surface area contributed by atoms with Crippen LogP contribution in [0.5, 0.6) is 0 Å². The molecule has 0 spiro atoms. The molecule has 1 aromatic heterocycles. The van der Waals surface area contributed by atoms with Gasteiger partial charge in [0.1, 0.15) is 6.10 Å². The molecule has 0 unspecified atom stereocenters. The van der Waals surface area contributed by atoms with Crippen LogP contribution < -0.4 is 0 Å². The molecule has 2 aliphatic heterocycles. The first kappa shape index (κ1) is 22.3. The Balaban J connectivity index is 1.21. The molecule has 2 aliphatic rings. The van der Waals surface area contributed by atoms with Gasteiger partial charge in [0.2, 0.25) is 0 Å². The van der Waals surface area contributed by atoms with Gasteiger partial charge >= 0.3 is 0 Å². The molecule has 34 heavy (non-hydrogen) atoms. The number of hydrogen-bond acceptors (Lipinski definition) is 5. The molecule has 176 valence electrons. The number of benzene rings is 2. The van der Waals surface area contributed by atoms with Crippen molar-refractivity contribution in [3.63, 3.8) is 0 Å². The smallest absolute Gasteiger partial charge is 0.276 e. The fourth-order valence-corrected chi connectivity index (χ4v) is 4.49. The molecule has 1 fully saturated rings. The largest absolute Gasteiger partial charge is 0.365 e. The highest BCUT2D eigenvalue weighted by Crippen LogP contribution is 2.27. The normalized spacial score (nSPS) is 18.0. The van der Waals surface area contributed by atoms with Crippen molar-refractivity contribution in [1.82, 2.24) is 24.8 Å². The minimum atomic E-state index is -0.155. The third-order valence-corrected chi connectivity index (χ3v) is 6.71. The van der Waals surface area contributed by atoms with Crippen LogP contribution in [0.1, 0.15) is 56.3 Å². The molecule has 0 saturated carbocycles. The minimum absolute atomic E-state index is 0.00587. The van der Waals surface area contributed by atoms with Gasteiger partial charge in [-0.25, -0.2) is 4.68 Å². The molecule has 0 radical (unpaired) electrons. The predicted octanol–water partition coefficient (Wildman–Crippen LogP) is 3.02. The Bertz CT molecular complexity index is 1180. The van der Waals surface area contributed by atoms with E-state index in [2.05, 4.69) is 48.4 Å². The molecule has 2 amide bonds. The summed E-state index contributed by atoms with van der Waals surface area (Å²) in [5.41, 5.74) is 5.23. The van der Waals surface area contributed by atoms with Gasteiger partial charge < -0.3 is 14.5 Å². The molecule has 3 heterocycles. The maximum Gasteiger partial charge on any atom is 0.276 e. The SMILES string of the molecule is CCc1ccc(C(=O)N2CCN(C(=O)c3nnn4c3CO[C@@H](c3ccc(C)cc3)C4)CC2)cc1. The van der Waals surface area contributed by atoms with Crippen LogP contribution in [0.25, 0.3) is 0 Å². The quantitative estimate of drug-likeness (QED) is 0.599. The maximum absolute atomic E-state index is 13.2. The van der Waals surface area contributed by atoms with Crippen molar-refractivity contribution in [2.45, 2.75) is 39.5 Å². The number of amides is 2. The van der Waals surface area contributed by atoms with Crippen LogP contribution in [0.3, 0.4) is 0 Å². The van der Waals surface area contributed by atoms with Crippen LogP contribution >= 0.6 is 0 Å². The lowest BCUT2D eigenvalue weighted by Crippen LogP contribution is -2.50. The summed E-state index contributed by atoms with van der Waals surface area (Å²) in [5.74, 6) is -0.149. The van der Waals surface area contributed by atoms with Gasteiger partial charge in [-0.1, -0.05) is 54.1 Å². The Morgan fingerprint density at radius 3 is 2.24 bits per heavy atom. The summed E-state index contributed by atoms with van der Waals surface area (Å²) in [6, 6.07) is 16.0. The van der Waals surface area contributed by atoms with Gasteiger partial charge in [0.05, 0.1) is 18.8 Å². The number of ether oxygens (including phenoxy) is 1. The van der Waals surface area contributed by atoms with Crippen LogP contribution in [-0.2, 0) is 24.3 Å². The summed E-state index contributed by atoms with van der Waals surface area (Å²) < 4.78 is 7.84. The van der Waals surface area contributed by atoms with Crippen molar-refractivity contribution in [2.24, 2.45) is 0 Å². The molecule has 8 nitrogen and oxygen atoms in total. The average molecular weight is 460 g/mol.